The first-order chi connectivity index (χ1) is 9.90. The van der Waals surface area contributed by atoms with Crippen LogP contribution in [0.1, 0.15) is 11.3 Å². The molecule has 3 heteroatoms. The summed E-state index contributed by atoms with van der Waals surface area (Å²) in [5.41, 5.74) is 4.02. The highest BCUT2D eigenvalue weighted by Gasteiger charge is 2.15. The summed E-state index contributed by atoms with van der Waals surface area (Å²) in [4.78, 5) is 0. The summed E-state index contributed by atoms with van der Waals surface area (Å²) in [5, 5.41) is 9.67. The molecule has 0 fully saturated rings. The van der Waals surface area contributed by atoms with Crippen LogP contribution >= 0.6 is 0 Å². The van der Waals surface area contributed by atoms with Gasteiger partial charge < -0.3 is 4.74 Å². The van der Waals surface area contributed by atoms with Gasteiger partial charge in [-0.3, -0.25) is 0 Å². The first kappa shape index (κ1) is 11.2. The molecule has 0 aliphatic carbocycles. The number of nitrogens with zero attached hydrogens (tertiary/aromatic N) is 2. The first-order valence-electron chi connectivity index (χ1n) is 6.56. The predicted octanol–water partition coefficient (Wildman–Crippen LogP) is 3.61. The van der Waals surface area contributed by atoms with Crippen LogP contribution in [0.2, 0.25) is 0 Å². The van der Waals surface area contributed by atoms with Gasteiger partial charge in [0.05, 0.1) is 17.5 Å². The molecule has 20 heavy (non-hydrogen) atoms. The predicted molar refractivity (Wildman–Crippen MR) is 78.3 cm³/mol. The van der Waals surface area contributed by atoms with Crippen molar-refractivity contribution in [2.45, 2.75) is 6.42 Å². The number of fused-ring (bicyclic) bond motifs is 2. The maximum atomic E-state index is 5.67. The number of benzene rings is 2. The van der Waals surface area contributed by atoms with E-state index in [2.05, 4.69) is 22.3 Å². The molecule has 96 valence electrons. The van der Waals surface area contributed by atoms with Crippen molar-refractivity contribution in [3.05, 3.63) is 72.1 Å². The Balaban J connectivity index is 1.75. The Morgan fingerprint density at radius 3 is 2.75 bits per heavy atom. The van der Waals surface area contributed by atoms with Crippen LogP contribution in [-0.2, 0) is 6.42 Å². The molecule has 3 aromatic rings. The number of allylic oxidation sites excluding steroid dienone is 1. The average molecular weight is 260 g/mol. The topological polar surface area (TPSA) is 35.0 Å². The summed E-state index contributed by atoms with van der Waals surface area (Å²) in [5.74, 6) is 0.921. The molecular weight excluding hydrogens is 248 g/mol. The van der Waals surface area contributed by atoms with E-state index >= 15 is 0 Å². The number of hydrogen-bond acceptors (Lipinski definition) is 3. The zero-order valence-corrected chi connectivity index (χ0v) is 10.8. The van der Waals surface area contributed by atoms with Gasteiger partial charge in [-0.25, -0.2) is 0 Å². The molecule has 0 bridgehead atoms. The van der Waals surface area contributed by atoms with Gasteiger partial charge in [-0.05, 0) is 23.8 Å². The highest BCUT2D eigenvalue weighted by atomic mass is 16.5. The van der Waals surface area contributed by atoms with Crippen LogP contribution in [0.3, 0.4) is 0 Å². The number of rotatable bonds is 1. The Bertz CT molecular complexity index is 824. The number of para-hydroxylation sites is 1. The molecule has 0 spiro atoms. The van der Waals surface area contributed by atoms with Gasteiger partial charge in [0.1, 0.15) is 5.75 Å². The van der Waals surface area contributed by atoms with Crippen molar-refractivity contribution in [2.24, 2.45) is 0 Å². The third-order valence-corrected chi connectivity index (χ3v) is 3.51. The number of aromatic nitrogens is 2. The van der Waals surface area contributed by atoms with Gasteiger partial charge in [-0.2, -0.15) is 5.10 Å². The highest BCUT2D eigenvalue weighted by molar-refractivity contribution is 5.81. The minimum absolute atomic E-state index is 0.823. The van der Waals surface area contributed by atoms with E-state index in [1.807, 2.05) is 42.5 Å². The molecule has 1 aliphatic rings. The average Bonchev–Trinajstić information content (AvgIpc) is 2.54. The first-order valence-corrected chi connectivity index (χ1v) is 6.56. The lowest BCUT2D eigenvalue weighted by molar-refractivity contribution is 0.468. The zero-order valence-electron chi connectivity index (χ0n) is 10.8. The fourth-order valence-electron chi connectivity index (χ4n) is 2.44. The monoisotopic (exact) mass is 260 g/mol. The lowest BCUT2D eigenvalue weighted by Crippen LogP contribution is -2.04. The second-order valence-corrected chi connectivity index (χ2v) is 4.83. The van der Waals surface area contributed by atoms with E-state index in [1.54, 1.807) is 6.26 Å². The summed E-state index contributed by atoms with van der Waals surface area (Å²) in [7, 11) is 0. The van der Waals surface area contributed by atoms with Crippen LogP contribution in [0.5, 0.6) is 5.75 Å². The maximum absolute atomic E-state index is 5.67. The minimum Gasteiger partial charge on any atom is -0.464 e. The molecule has 0 atom stereocenters. The van der Waals surface area contributed by atoms with Crippen LogP contribution < -0.4 is 4.74 Å². The Kier molecular flexibility index (Phi) is 2.49. The second-order valence-electron chi connectivity index (χ2n) is 4.83. The Hall–Kier alpha value is -2.68. The van der Waals surface area contributed by atoms with E-state index in [0.29, 0.717) is 0 Å². The van der Waals surface area contributed by atoms with Crippen molar-refractivity contribution in [1.29, 1.82) is 0 Å². The van der Waals surface area contributed by atoms with Gasteiger partial charge in [-0.15, -0.1) is 5.10 Å². The van der Waals surface area contributed by atoms with E-state index in [9.17, 15) is 0 Å². The molecular formula is C17H12N2O. The smallest absolute Gasteiger partial charge is 0.130 e. The maximum Gasteiger partial charge on any atom is 0.130 e. The van der Waals surface area contributed by atoms with Crippen LogP contribution in [0.4, 0.5) is 0 Å². The molecule has 0 N–H and O–H groups in total. The van der Waals surface area contributed by atoms with E-state index < -0.39 is 0 Å². The SMILES string of the molecule is C1=C(c2cc3ccccc3nn2)Cc2ccccc2O1. The highest BCUT2D eigenvalue weighted by Crippen LogP contribution is 2.30. The van der Waals surface area contributed by atoms with Gasteiger partial charge >= 0.3 is 0 Å². The Morgan fingerprint density at radius 2 is 1.75 bits per heavy atom. The summed E-state index contributed by atoms with van der Waals surface area (Å²) in [6.45, 7) is 0. The largest absolute Gasteiger partial charge is 0.464 e. The van der Waals surface area contributed by atoms with Gasteiger partial charge in [0.2, 0.25) is 0 Å². The standard InChI is InChI=1S/C17H12N2O/c1-3-7-15-12(5-1)10-16(19-18-15)14-9-13-6-2-4-8-17(13)20-11-14/h1-8,10-11H,9H2. The molecule has 2 aromatic carbocycles. The number of hydrogen-bond donors (Lipinski definition) is 0. The molecule has 0 saturated heterocycles. The normalized spacial score (nSPS) is 13.5. The number of ether oxygens (including phenoxy) is 1. The summed E-state index contributed by atoms with van der Waals surface area (Å²) in [6.07, 6.45) is 2.60. The third kappa shape index (κ3) is 1.84. The summed E-state index contributed by atoms with van der Waals surface area (Å²) >= 11 is 0. The van der Waals surface area contributed by atoms with E-state index in [0.717, 1.165) is 34.3 Å². The Labute approximate surface area is 116 Å². The summed E-state index contributed by atoms with van der Waals surface area (Å²) < 4.78 is 5.67. The molecule has 1 aliphatic heterocycles. The van der Waals surface area contributed by atoms with Crippen molar-refractivity contribution >= 4 is 16.5 Å². The fraction of sp³-hybridized carbons (Fsp3) is 0.0588. The second kappa shape index (κ2) is 4.46. The molecule has 0 saturated carbocycles. The van der Waals surface area contributed by atoms with Gasteiger partial charge in [0.25, 0.3) is 0 Å². The van der Waals surface area contributed by atoms with Crippen molar-refractivity contribution < 1.29 is 4.74 Å². The van der Waals surface area contributed by atoms with Crippen LogP contribution in [0, 0.1) is 0 Å². The Morgan fingerprint density at radius 1 is 0.900 bits per heavy atom. The third-order valence-electron chi connectivity index (χ3n) is 3.51. The van der Waals surface area contributed by atoms with Gasteiger partial charge in [0, 0.05) is 17.4 Å². The van der Waals surface area contributed by atoms with Crippen LogP contribution in [-0.4, -0.2) is 10.2 Å². The van der Waals surface area contributed by atoms with E-state index in [1.165, 1.54) is 5.56 Å². The zero-order chi connectivity index (χ0) is 13.4. The van der Waals surface area contributed by atoms with E-state index in [4.69, 9.17) is 4.74 Å². The van der Waals surface area contributed by atoms with Crippen molar-refractivity contribution in [3.8, 4) is 5.75 Å². The van der Waals surface area contributed by atoms with Crippen LogP contribution in [0.25, 0.3) is 16.5 Å². The van der Waals surface area contributed by atoms with Crippen LogP contribution in [0.15, 0.2) is 60.9 Å². The fourth-order valence-corrected chi connectivity index (χ4v) is 2.44. The lowest BCUT2D eigenvalue weighted by Gasteiger charge is -2.16. The quantitative estimate of drug-likeness (QED) is 0.670. The molecule has 2 heterocycles. The molecule has 0 amide bonds. The minimum atomic E-state index is 0.823. The van der Waals surface area contributed by atoms with E-state index in [-0.39, 0.29) is 0 Å². The molecule has 0 unspecified atom stereocenters. The summed E-state index contributed by atoms with van der Waals surface area (Å²) in [6, 6.07) is 18.1. The van der Waals surface area contributed by atoms with Crippen molar-refractivity contribution in [1.82, 2.24) is 10.2 Å². The molecule has 0 radical (unpaired) electrons. The van der Waals surface area contributed by atoms with Gasteiger partial charge in [-0.1, -0.05) is 36.4 Å². The molecule has 1 aromatic heterocycles. The molecule has 3 nitrogen and oxygen atoms in total. The lowest BCUT2D eigenvalue weighted by atomic mass is 10.00. The van der Waals surface area contributed by atoms with Gasteiger partial charge in [0.15, 0.2) is 0 Å². The van der Waals surface area contributed by atoms with Crippen molar-refractivity contribution in [3.63, 3.8) is 0 Å². The molecule has 4 rings (SSSR count). The van der Waals surface area contributed by atoms with Crippen molar-refractivity contribution in [2.75, 3.05) is 0 Å².